The van der Waals surface area contributed by atoms with Crippen LogP contribution in [-0.4, -0.2) is 36.1 Å². The van der Waals surface area contributed by atoms with Gasteiger partial charge in [0.05, 0.1) is 6.61 Å². The van der Waals surface area contributed by atoms with Crippen molar-refractivity contribution in [2.45, 2.75) is 38.4 Å². The monoisotopic (exact) mass is 274 g/mol. The lowest BCUT2D eigenvalue weighted by Gasteiger charge is -2.24. The number of ether oxygens (including phenoxy) is 1. The first-order chi connectivity index (χ1) is 9.66. The zero-order chi connectivity index (χ0) is 14.2. The Hall–Kier alpha value is -1.39. The number of aryl methyl sites for hydroxylation is 1. The quantitative estimate of drug-likeness (QED) is 0.835. The van der Waals surface area contributed by atoms with Gasteiger partial charge in [-0.1, -0.05) is 29.8 Å². The van der Waals surface area contributed by atoms with Crippen molar-refractivity contribution in [3.05, 3.63) is 35.4 Å². The smallest absolute Gasteiger partial charge is 0.244 e. The molecule has 1 unspecified atom stereocenters. The number of rotatable bonds is 5. The number of amides is 1. The average molecular weight is 274 g/mol. The maximum atomic E-state index is 12.6. The van der Waals surface area contributed by atoms with E-state index in [0.717, 1.165) is 12.8 Å². The Kier molecular flexibility index (Phi) is 3.52. The summed E-state index contributed by atoms with van der Waals surface area (Å²) in [5, 5.41) is 3.53. The van der Waals surface area contributed by atoms with Gasteiger partial charge in [-0.15, -0.1) is 0 Å². The van der Waals surface area contributed by atoms with Crippen LogP contribution < -0.4 is 5.32 Å². The summed E-state index contributed by atoms with van der Waals surface area (Å²) in [6.45, 7) is 6.00. The molecule has 4 heteroatoms. The second-order valence-corrected chi connectivity index (χ2v) is 5.74. The predicted molar refractivity (Wildman–Crippen MR) is 77.2 cm³/mol. The number of nitrogens with zero attached hydrogens (tertiary/aromatic N) is 1. The van der Waals surface area contributed by atoms with Crippen LogP contribution in [0.25, 0.3) is 0 Å². The Bertz CT molecular complexity index is 511. The molecule has 1 aromatic rings. The largest absolute Gasteiger partial charge is 0.380 e. The molecule has 4 nitrogen and oxygen atoms in total. The van der Waals surface area contributed by atoms with E-state index < -0.39 is 0 Å². The molecule has 0 bridgehead atoms. The number of benzene rings is 1. The van der Waals surface area contributed by atoms with Crippen LogP contribution in [0.3, 0.4) is 0 Å². The van der Waals surface area contributed by atoms with Crippen LogP contribution in [0.15, 0.2) is 24.3 Å². The molecule has 20 heavy (non-hydrogen) atoms. The lowest BCUT2D eigenvalue weighted by molar-refractivity contribution is -0.131. The van der Waals surface area contributed by atoms with Crippen LogP contribution in [0.1, 0.15) is 37.1 Å². The number of nitrogens with one attached hydrogen (secondary N) is 1. The number of hydrogen-bond donors (Lipinski definition) is 1. The van der Waals surface area contributed by atoms with Gasteiger partial charge in [0.1, 0.15) is 11.7 Å². The summed E-state index contributed by atoms with van der Waals surface area (Å²) in [6, 6.07) is 8.38. The van der Waals surface area contributed by atoms with Crippen LogP contribution in [0.2, 0.25) is 0 Å². The van der Waals surface area contributed by atoms with Gasteiger partial charge in [-0.3, -0.25) is 10.1 Å². The molecule has 1 atom stereocenters. The third-order valence-electron chi connectivity index (χ3n) is 4.18. The molecule has 1 saturated carbocycles. The van der Waals surface area contributed by atoms with Gasteiger partial charge in [0.15, 0.2) is 0 Å². The fraction of sp³-hybridized carbons (Fsp3) is 0.562. The summed E-state index contributed by atoms with van der Waals surface area (Å²) < 4.78 is 5.42. The van der Waals surface area contributed by atoms with Crippen molar-refractivity contribution < 1.29 is 9.53 Å². The van der Waals surface area contributed by atoms with Crippen molar-refractivity contribution >= 4 is 5.91 Å². The van der Waals surface area contributed by atoms with Crippen molar-refractivity contribution in [2.24, 2.45) is 0 Å². The lowest BCUT2D eigenvalue weighted by atomic mass is 10.1. The van der Waals surface area contributed by atoms with Gasteiger partial charge in [-0.2, -0.15) is 0 Å². The van der Waals surface area contributed by atoms with Gasteiger partial charge in [0, 0.05) is 13.2 Å². The minimum atomic E-state index is -0.277. The first-order valence-corrected chi connectivity index (χ1v) is 7.39. The van der Waals surface area contributed by atoms with Gasteiger partial charge in [-0.05, 0) is 32.3 Å². The predicted octanol–water partition coefficient (Wildman–Crippen LogP) is 1.99. The number of carbonyl (C=O) groups excluding carboxylic acids is 1. The van der Waals surface area contributed by atoms with E-state index >= 15 is 0 Å². The van der Waals surface area contributed by atoms with Crippen LogP contribution in [-0.2, 0) is 9.53 Å². The van der Waals surface area contributed by atoms with E-state index in [1.165, 1.54) is 11.1 Å². The van der Waals surface area contributed by atoms with Gasteiger partial charge in [0.25, 0.3) is 0 Å². The molecule has 1 amide bonds. The first kappa shape index (κ1) is 13.6. The molecule has 3 rings (SSSR count). The zero-order valence-corrected chi connectivity index (χ0v) is 12.2. The van der Waals surface area contributed by atoms with Gasteiger partial charge in [-0.25, -0.2) is 0 Å². The number of hydrogen-bond acceptors (Lipinski definition) is 3. The SMILES string of the molecule is CCOCCN1C(=O)C2(CC2)NC1c1cccc(C)c1. The maximum Gasteiger partial charge on any atom is 0.244 e. The van der Waals surface area contributed by atoms with Crippen molar-refractivity contribution in [2.75, 3.05) is 19.8 Å². The third kappa shape index (κ3) is 2.34. The third-order valence-corrected chi connectivity index (χ3v) is 4.18. The second-order valence-electron chi connectivity index (χ2n) is 5.74. The van der Waals surface area contributed by atoms with Crippen LogP contribution in [0.5, 0.6) is 0 Å². The molecular weight excluding hydrogens is 252 g/mol. The van der Waals surface area contributed by atoms with Gasteiger partial charge < -0.3 is 9.64 Å². The summed E-state index contributed by atoms with van der Waals surface area (Å²) in [5.41, 5.74) is 2.11. The molecule has 1 heterocycles. The first-order valence-electron chi connectivity index (χ1n) is 7.39. The minimum absolute atomic E-state index is 0.00893. The molecule has 1 aliphatic carbocycles. The summed E-state index contributed by atoms with van der Waals surface area (Å²) in [5.74, 6) is 0.240. The van der Waals surface area contributed by atoms with E-state index in [2.05, 4.69) is 36.5 Å². The highest BCUT2D eigenvalue weighted by Crippen LogP contribution is 2.45. The lowest BCUT2D eigenvalue weighted by Crippen LogP contribution is -2.34. The average Bonchev–Trinajstić information content (AvgIpc) is 3.16. The molecular formula is C16H22N2O2. The Morgan fingerprint density at radius 3 is 2.90 bits per heavy atom. The van der Waals surface area contributed by atoms with Gasteiger partial charge in [0.2, 0.25) is 5.91 Å². The Labute approximate surface area is 120 Å². The van der Waals surface area contributed by atoms with E-state index in [9.17, 15) is 4.79 Å². The van der Waals surface area contributed by atoms with Gasteiger partial charge >= 0.3 is 0 Å². The maximum absolute atomic E-state index is 12.6. The standard InChI is InChI=1S/C16H22N2O2/c1-3-20-10-9-18-14(13-6-4-5-12(2)11-13)17-16(7-8-16)15(18)19/h4-6,11,14,17H,3,7-10H2,1-2H3. The summed E-state index contributed by atoms with van der Waals surface area (Å²) in [7, 11) is 0. The zero-order valence-electron chi connectivity index (χ0n) is 12.2. The molecule has 1 aromatic carbocycles. The molecule has 1 spiro atoms. The van der Waals surface area contributed by atoms with Crippen molar-refractivity contribution in [1.82, 2.24) is 10.2 Å². The van der Waals surface area contributed by atoms with E-state index in [1.54, 1.807) is 0 Å². The van der Waals surface area contributed by atoms with Crippen LogP contribution in [0, 0.1) is 6.92 Å². The summed E-state index contributed by atoms with van der Waals surface area (Å²) in [6.07, 6.45) is 1.91. The molecule has 1 aliphatic heterocycles. The highest BCUT2D eigenvalue weighted by molar-refractivity contribution is 5.92. The normalized spacial score (nSPS) is 23.6. The Morgan fingerprint density at radius 1 is 1.45 bits per heavy atom. The summed E-state index contributed by atoms with van der Waals surface area (Å²) in [4.78, 5) is 14.5. The van der Waals surface area contributed by atoms with Crippen molar-refractivity contribution in [3.63, 3.8) is 0 Å². The van der Waals surface area contributed by atoms with Crippen molar-refractivity contribution in [3.8, 4) is 0 Å². The topological polar surface area (TPSA) is 41.6 Å². The molecule has 1 saturated heterocycles. The summed E-state index contributed by atoms with van der Waals surface area (Å²) >= 11 is 0. The van der Waals surface area contributed by atoms with Crippen molar-refractivity contribution in [1.29, 1.82) is 0 Å². The van der Waals surface area contributed by atoms with Crippen LogP contribution in [0.4, 0.5) is 0 Å². The second kappa shape index (κ2) is 5.19. The molecule has 2 fully saturated rings. The van der Waals surface area contributed by atoms with E-state index in [-0.39, 0.29) is 17.6 Å². The molecule has 0 aromatic heterocycles. The van der Waals surface area contributed by atoms with E-state index in [4.69, 9.17) is 4.74 Å². The molecule has 2 aliphatic rings. The van der Waals surface area contributed by atoms with E-state index in [1.807, 2.05) is 11.8 Å². The Morgan fingerprint density at radius 2 is 2.25 bits per heavy atom. The highest BCUT2D eigenvalue weighted by Gasteiger charge is 2.59. The fourth-order valence-corrected chi connectivity index (χ4v) is 2.92. The minimum Gasteiger partial charge on any atom is -0.380 e. The highest BCUT2D eigenvalue weighted by atomic mass is 16.5. The van der Waals surface area contributed by atoms with E-state index in [0.29, 0.717) is 19.8 Å². The fourth-order valence-electron chi connectivity index (χ4n) is 2.92. The molecule has 1 N–H and O–H groups in total. The number of carbonyl (C=O) groups is 1. The van der Waals surface area contributed by atoms with Crippen LogP contribution >= 0.6 is 0 Å². The molecule has 108 valence electrons. The molecule has 0 radical (unpaired) electrons. The Balaban J connectivity index is 1.81.